The third kappa shape index (κ3) is 2.76. The molecule has 0 spiro atoms. The minimum Gasteiger partial charge on any atom is -0.412 e. The maximum absolute atomic E-state index is 6.00. The average molecular weight is 424 g/mol. The molecular formula is C9H9BiClNO3. The Morgan fingerprint density at radius 3 is 2.60 bits per heavy atom. The van der Waals surface area contributed by atoms with Crippen LogP contribution in [0.1, 0.15) is 0 Å². The van der Waals surface area contributed by atoms with Gasteiger partial charge in [-0.25, -0.2) is 0 Å². The van der Waals surface area contributed by atoms with Crippen molar-refractivity contribution in [3.05, 3.63) is 35.5 Å². The molecule has 0 amide bonds. The molecule has 0 atom stereocenters. The molecule has 0 bridgehead atoms. The summed E-state index contributed by atoms with van der Waals surface area (Å²) in [5.41, 5.74) is 0.831. The van der Waals surface area contributed by atoms with Crippen LogP contribution >= 0.6 is 11.6 Å². The fourth-order valence-corrected chi connectivity index (χ4v) is 1.97. The predicted molar refractivity (Wildman–Crippen MR) is 60.4 cm³/mol. The number of hydrogen-bond acceptors (Lipinski definition) is 2. The van der Waals surface area contributed by atoms with Crippen molar-refractivity contribution in [2.45, 2.75) is 0 Å². The maximum Gasteiger partial charge on any atom is -0.412 e. The van der Waals surface area contributed by atoms with E-state index >= 15 is 0 Å². The molecular weight excluding hydrogens is 415 g/mol. The summed E-state index contributed by atoms with van der Waals surface area (Å²) in [7, 11) is 0. The monoisotopic (exact) mass is 423 g/mol. The van der Waals surface area contributed by atoms with Gasteiger partial charge in [0.25, 0.3) is 0 Å². The Bertz CT molecular complexity index is 452. The van der Waals surface area contributed by atoms with Crippen molar-refractivity contribution >= 4 is 47.7 Å². The van der Waals surface area contributed by atoms with E-state index in [1.165, 1.54) is 0 Å². The third-order valence-corrected chi connectivity index (χ3v) is 2.87. The molecule has 15 heavy (non-hydrogen) atoms. The van der Waals surface area contributed by atoms with Gasteiger partial charge in [-0.1, -0.05) is 0 Å². The van der Waals surface area contributed by atoms with Crippen LogP contribution in [0.5, 0.6) is 5.75 Å². The number of nitrogens with zero attached hydrogens (tertiary/aromatic N) is 1. The summed E-state index contributed by atoms with van der Waals surface area (Å²) in [5.74, 6) is 0.799. The van der Waals surface area contributed by atoms with E-state index in [-0.39, 0.29) is 11.0 Å². The van der Waals surface area contributed by atoms with E-state index < -0.39 is 0 Å². The molecule has 1 aromatic heterocycles. The van der Waals surface area contributed by atoms with Gasteiger partial charge in [-0.3, -0.25) is 0 Å². The number of rotatable bonds is 1. The Balaban J connectivity index is 0.000000980. The fraction of sp³-hybridized carbons (Fsp3) is 0. The Morgan fingerprint density at radius 1 is 1.20 bits per heavy atom. The van der Waals surface area contributed by atoms with Crippen LogP contribution in [0, 0.1) is 0 Å². The number of benzene rings is 1. The van der Waals surface area contributed by atoms with Crippen molar-refractivity contribution in [3.8, 4) is 5.75 Å². The van der Waals surface area contributed by atoms with Gasteiger partial charge in [0.1, 0.15) is 0 Å². The maximum atomic E-state index is 6.00. The van der Waals surface area contributed by atoms with Crippen LogP contribution in [0.4, 0.5) is 0 Å². The molecule has 4 nitrogen and oxygen atoms in total. The summed E-state index contributed by atoms with van der Waals surface area (Å²) in [4.78, 5) is 4.22. The minimum atomic E-state index is 0. The molecule has 6 heteroatoms. The Labute approximate surface area is 107 Å². The number of fused-ring (bicyclic) bond motifs is 1. The van der Waals surface area contributed by atoms with Gasteiger partial charge in [-0.2, -0.15) is 0 Å². The molecule has 2 radical (unpaired) electrons. The molecule has 1 aromatic carbocycles. The molecule has 0 aliphatic carbocycles. The Hall–Kier alpha value is -0.477. The number of hydrogen-bond donors (Lipinski definition) is 0. The summed E-state index contributed by atoms with van der Waals surface area (Å²) in [6.07, 6.45) is 1.74. The zero-order valence-corrected chi connectivity index (χ0v) is 11.8. The Kier molecular flexibility index (Phi) is 5.98. The second-order valence-corrected chi connectivity index (χ2v) is 3.65. The van der Waals surface area contributed by atoms with Gasteiger partial charge in [0, 0.05) is 0 Å². The molecule has 2 aromatic rings. The molecule has 1 heterocycles. The van der Waals surface area contributed by atoms with Crippen LogP contribution in [-0.2, 0) is 0 Å². The van der Waals surface area contributed by atoms with Crippen molar-refractivity contribution in [3.63, 3.8) is 0 Å². The SMILES string of the molecule is Clc1ccc([O][Bi])c2ncccc12.O.O. The van der Waals surface area contributed by atoms with Crippen LogP contribution in [0.15, 0.2) is 30.5 Å². The predicted octanol–water partition coefficient (Wildman–Crippen LogP) is 0.701. The Morgan fingerprint density at radius 2 is 1.93 bits per heavy atom. The zero-order chi connectivity index (χ0) is 9.26. The summed E-state index contributed by atoms with van der Waals surface area (Å²) >= 11 is 6.85. The van der Waals surface area contributed by atoms with Crippen LogP contribution < -0.4 is 2.81 Å². The van der Waals surface area contributed by atoms with E-state index in [4.69, 9.17) is 14.4 Å². The van der Waals surface area contributed by atoms with Gasteiger partial charge in [-0.15, -0.1) is 0 Å². The zero-order valence-electron chi connectivity index (χ0n) is 7.57. The van der Waals surface area contributed by atoms with Gasteiger partial charge in [0.05, 0.1) is 0 Å². The summed E-state index contributed by atoms with van der Waals surface area (Å²) in [6.45, 7) is 0. The normalized spacial score (nSPS) is 8.93. The fourth-order valence-electron chi connectivity index (χ4n) is 1.19. The van der Waals surface area contributed by atoms with Crippen LogP contribution in [0.2, 0.25) is 5.02 Å². The van der Waals surface area contributed by atoms with Crippen LogP contribution in [0.3, 0.4) is 0 Å². The smallest absolute Gasteiger partial charge is 0.412 e. The van der Waals surface area contributed by atoms with E-state index in [1.54, 1.807) is 6.20 Å². The van der Waals surface area contributed by atoms with E-state index in [9.17, 15) is 0 Å². The van der Waals surface area contributed by atoms with Crippen molar-refractivity contribution < 1.29 is 13.8 Å². The first-order chi connectivity index (χ1) is 6.33. The molecule has 0 saturated carbocycles. The summed E-state index contributed by atoms with van der Waals surface area (Å²) in [5, 5.41) is 1.65. The van der Waals surface area contributed by atoms with E-state index in [0.717, 1.165) is 41.8 Å². The van der Waals surface area contributed by atoms with E-state index in [1.807, 2.05) is 24.3 Å². The van der Waals surface area contributed by atoms with Crippen molar-refractivity contribution in [2.75, 3.05) is 0 Å². The average Bonchev–Trinajstić information content (AvgIpc) is 2.19. The van der Waals surface area contributed by atoms with Crippen molar-refractivity contribution in [1.29, 1.82) is 0 Å². The van der Waals surface area contributed by atoms with Gasteiger partial charge in [-0.05, 0) is 0 Å². The van der Waals surface area contributed by atoms with Gasteiger partial charge in [0.15, 0.2) is 0 Å². The first-order valence-electron chi connectivity index (χ1n) is 3.67. The largest absolute Gasteiger partial charge is 0.412 e. The topological polar surface area (TPSA) is 85.1 Å². The van der Waals surface area contributed by atoms with Gasteiger partial charge >= 0.3 is 96.7 Å². The minimum absolute atomic E-state index is 0. The molecule has 80 valence electrons. The second-order valence-electron chi connectivity index (χ2n) is 2.54. The standard InChI is InChI=1S/C9H6ClNO.Bi.2H2O/c10-7-3-4-8(12)9-6(7)2-1-5-11-9;;;/h1-5,12H;;2*1H2/q;+1;;/p-1. The number of pyridine rings is 1. The number of aromatic nitrogens is 1. The molecule has 2 rings (SSSR count). The first kappa shape index (κ1) is 14.5. The van der Waals surface area contributed by atoms with Crippen LogP contribution in [0.25, 0.3) is 10.9 Å². The molecule has 0 fully saturated rings. The van der Waals surface area contributed by atoms with E-state index in [2.05, 4.69) is 4.98 Å². The van der Waals surface area contributed by atoms with Gasteiger partial charge in [0.2, 0.25) is 0 Å². The van der Waals surface area contributed by atoms with Crippen molar-refractivity contribution in [2.24, 2.45) is 0 Å². The number of halogens is 1. The van der Waals surface area contributed by atoms with Crippen molar-refractivity contribution in [1.82, 2.24) is 4.98 Å². The molecule has 0 aliphatic rings. The molecule has 4 N–H and O–H groups in total. The molecule has 0 aliphatic heterocycles. The van der Waals surface area contributed by atoms with Gasteiger partial charge < -0.3 is 11.0 Å². The second kappa shape index (κ2) is 6.18. The molecule has 0 unspecified atom stereocenters. The third-order valence-electron chi connectivity index (χ3n) is 1.78. The molecule has 0 saturated heterocycles. The first-order valence-corrected chi connectivity index (χ1v) is 5.47. The summed E-state index contributed by atoms with van der Waals surface area (Å²) in [6, 6.07) is 7.47. The van der Waals surface area contributed by atoms with Crippen LogP contribution in [-0.4, -0.2) is 41.1 Å². The summed E-state index contributed by atoms with van der Waals surface area (Å²) < 4.78 is 5.27. The van der Waals surface area contributed by atoms with E-state index in [0.29, 0.717) is 5.02 Å². The quantitative estimate of drug-likeness (QED) is 0.633.